The van der Waals surface area contributed by atoms with Crippen LogP contribution in [0.15, 0.2) is 6.20 Å². The molecule has 144 valence electrons. The Morgan fingerprint density at radius 2 is 1.85 bits per heavy atom. The van der Waals surface area contributed by atoms with Crippen LogP contribution < -0.4 is 5.32 Å². The maximum absolute atomic E-state index is 12.5. The number of carbonyl (C=O) groups is 1. The van der Waals surface area contributed by atoms with Crippen LogP contribution in [-0.4, -0.2) is 25.7 Å². The fourth-order valence-electron chi connectivity index (χ4n) is 6.50. The van der Waals surface area contributed by atoms with Gasteiger partial charge in [-0.25, -0.2) is 4.98 Å². The summed E-state index contributed by atoms with van der Waals surface area (Å²) in [4.78, 5) is 20.5. The summed E-state index contributed by atoms with van der Waals surface area (Å²) in [7, 11) is 1.91. The number of rotatable bonds is 4. The maximum atomic E-state index is 12.5. The molecule has 27 heavy (non-hydrogen) atoms. The number of aryl methyl sites for hydroxylation is 2. The molecule has 6 nitrogen and oxygen atoms in total. The lowest BCUT2D eigenvalue weighted by Gasteiger charge is -2.56. The Kier molecular flexibility index (Phi) is 3.75. The van der Waals surface area contributed by atoms with Crippen molar-refractivity contribution in [2.75, 3.05) is 5.32 Å². The summed E-state index contributed by atoms with van der Waals surface area (Å²) in [6.07, 6.45) is 10.5. The average molecular weight is 367 g/mol. The quantitative estimate of drug-likeness (QED) is 0.869. The number of anilines is 1. The minimum atomic E-state index is -0.0411. The van der Waals surface area contributed by atoms with E-state index in [2.05, 4.69) is 20.4 Å². The van der Waals surface area contributed by atoms with E-state index in [0.717, 1.165) is 34.7 Å². The number of amides is 1. The number of imidazole rings is 1. The minimum Gasteiger partial charge on any atom is -0.327 e. The summed E-state index contributed by atoms with van der Waals surface area (Å²) in [6, 6.07) is 0. The maximum Gasteiger partial charge on any atom is 0.231 e. The van der Waals surface area contributed by atoms with E-state index >= 15 is 0 Å². The second kappa shape index (κ2) is 5.94. The molecule has 0 unspecified atom stereocenters. The fourth-order valence-corrected chi connectivity index (χ4v) is 6.50. The van der Waals surface area contributed by atoms with Gasteiger partial charge in [-0.15, -0.1) is 0 Å². The molecule has 2 N–H and O–H groups in total. The van der Waals surface area contributed by atoms with Gasteiger partial charge in [0.15, 0.2) is 0 Å². The number of carbonyl (C=O) groups excluding carboxylic acids is 1. The number of H-pyrrole nitrogens is 1. The predicted octanol–water partition coefficient (Wildman–Crippen LogP) is 3.41. The van der Waals surface area contributed by atoms with Gasteiger partial charge in [0.2, 0.25) is 11.9 Å². The second-order valence-corrected chi connectivity index (χ2v) is 9.34. The first kappa shape index (κ1) is 17.0. The largest absolute Gasteiger partial charge is 0.327 e. The highest BCUT2D eigenvalue weighted by Gasteiger charge is 2.52. The number of hydrogen-bond donors (Lipinski definition) is 2. The van der Waals surface area contributed by atoms with Crippen molar-refractivity contribution in [1.82, 2.24) is 19.7 Å². The molecule has 2 heterocycles. The van der Waals surface area contributed by atoms with Crippen LogP contribution in [0, 0.1) is 31.6 Å². The Hall–Kier alpha value is -2.11. The smallest absolute Gasteiger partial charge is 0.231 e. The Balaban J connectivity index is 1.31. The van der Waals surface area contributed by atoms with Crippen LogP contribution in [0.2, 0.25) is 0 Å². The van der Waals surface area contributed by atoms with Crippen LogP contribution in [0.4, 0.5) is 5.95 Å². The zero-order chi connectivity index (χ0) is 18.8. The first-order valence-electron chi connectivity index (χ1n) is 10.3. The molecule has 6 rings (SSSR count). The van der Waals surface area contributed by atoms with E-state index in [4.69, 9.17) is 0 Å². The van der Waals surface area contributed by atoms with E-state index in [1.807, 2.05) is 31.8 Å². The molecular weight excluding hydrogens is 338 g/mol. The minimum absolute atomic E-state index is 0.0411. The third-order valence-corrected chi connectivity index (χ3v) is 7.44. The van der Waals surface area contributed by atoms with E-state index in [-0.39, 0.29) is 11.3 Å². The fraction of sp³-hybridized carbons (Fsp3) is 0.667. The van der Waals surface area contributed by atoms with Crippen LogP contribution in [0.5, 0.6) is 0 Å². The number of aromatic nitrogens is 4. The summed E-state index contributed by atoms with van der Waals surface area (Å²) >= 11 is 0. The van der Waals surface area contributed by atoms with Crippen LogP contribution in [0.25, 0.3) is 0 Å². The van der Waals surface area contributed by atoms with E-state index in [0.29, 0.717) is 12.4 Å². The van der Waals surface area contributed by atoms with Crippen molar-refractivity contribution in [2.45, 2.75) is 64.2 Å². The Morgan fingerprint density at radius 3 is 2.41 bits per heavy atom. The normalized spacial score (nSPS) is 31.4. The molecule has 0 radical (unpaired) electrons. The van der Waals surface area contributed by atoms with E-state index < -0.39 is 0 Å². The molecule has 4 aliphatic carbocycles. The van der Waals surface area contributed by atoms with Gasteiger partial charge in [-0.3, -0.25) is 14.8 Å². The van der Waals surface area contributed by atoms with Crippen LogP contribution in [-0.2, 0) is 23.7 Å². The molecule has 1 amide bonds. The lowest BCUT2D eigenvalue weighted by molar-refractivity contribution is -0.115. The van der Waals surface area contributed by atoms with E-state index in [9.17, 15) is 4.79 Å². The molecule has 4 saturated carbocycles. The summed E-state index contributed by atoms with van der Waals surface area (Å²) in [5.41, 5.74) is 4.48. The lowest BCUT2D eigenvalue weighted by atomic mass is 9.49. The van der Waals surface area contributed by atoms with Crippen LogP contribution in [0.1, 0.15) is 61.2 Å². The van der Waals surface area contributed by atoms with Gasteiger partial charge in [-0.2, -0.15) is 5.10 Å². The van der Waals surface area contributed by atoms with Crippen LogP contribution >= 0.6 is 0 Å². The van der Waals surface area contributed by atoms with Gasteiger partial charge in [0.1, 0.15) is 0 Å². The van der Waals surface area contributed by atoms with Gasteiger partial charge < -0.3 is 4.98 Å². The van der Waals surface area contributed by atoms with Crippen molar-refractivity contribution in [1.29, 1.82) is 0 Å². The molecule has 2 aromatic rings. The zero-order valence-corrected chi connectivity index (χ0v) is 16.5. The van der Waals surface area contributed by atoms with Gasteiger partial charge in [-0.05, 0) is 70.1 Å². The van der Waals surface area contributed by atoms with Crippen molar-refractivity contribution < 1.29 is 4.79 Å². The Labute approximate surface area is 160 Å². The molecule has 4 bridgehead atoms. The van der Waals surface area contributed by atoms with Gasteiger partial charge in [0.25, 0.3) is 0 Å². The average Bonchev–Trinajstić information content (AvgIpc) is 3.15. The third-order valence-electron chi connectivity index (χ3n) is 7.44. The summed E-state index contributed by atoms with van der Waals surface area (Å²) in [5.74, 6) is 3.24. The third kappa shape index (κ3) is 2.80. The van der Waals surface area contributed by atoms with E-state index in [1.54, 1.807) is 0 Å². The summed E-state index contributed by atoms with van der Waals surface area (Å²) in [5, 5.41) is 7.36. The van der Waals surface area contributed by atoms with Crippen molar-refractivity contribution >= 4 is 11.9 Å². The number of nitrogens with zero attached hydrogens (tertiary/aromatic N) is 3. The highest BCUT2D eigenvalue weighted by molar-refractivity contribution is 5.91. The lowest BCUT2D eigenvalue weighted by Crippen LogP contribution is -2.48. The van der Waals surface area contributed by atoms with Gasteiger partial charge in [0.05, 0.1) is 18.3 Å². The number of aromatic amines is 1. The highest BCUT2D eigenvalue weighted by atomic mass is 16.1. The highest BCUT2D eigenvalue weighted by Crippen LogP contribution is 2.60. The summed E-state index contributed by atoms with van der Waals surface area (Å²) < 4.78 is 1.83. The molecule has 4 aliphatic rings. The predicted molar refractivity (Wildman–Crippen MR) is 103 cm³/mol. The molecule has 0 aromatic carbocycles. The summed E-state index contributed by atoms with van der Waals surface area (Å²) in [6.45, 7) is 3.95. The van der Waals surface area contributed by atoms with Gasteiger partial charge in [0, 0.05) is 29.4 Å². The Morgan fingerprint density at radius 1 is 1.22 bits per heavy atom. The van der Waals surface area contributed by atoms with Crippen LogP contribution in [0.3, 0.4) is 0 Å². The molecule has 4 fully saturated rings. The molecule has 0 aliphatic heterocycles. The SMILES string of the molecule is Cc1nn(C)c(C)c1CC(=O)Nc1ncc(C23CC4CC(CC(C4)C2)C3)[nH]1. The number of nitrogens with one attached hydrogen (secondary N) is 2. The molecule has 0 spiro atoms. The molecule has 0 saturated heterocycles. The first-order chi connectivity index (χ1) is 12.9. The molecular formula is C21H29N5O. The van der Waals surface area contributed by atoms with Gasteiger partial charge in [-0.1, -0.05) is 0 Å². The van der Waals surface area contributed by atoms with Crippen molar-refractivity contribution in [3.8, 4) is 0 Å². The van der Waals surface area contributed by atoms with Gasteiger partial charge >= 0.3 is 0 Å². The van der Waals surface area contributed by atoms with E-state index in [1.165, 1.54) is 44.2 Å². The molecule has 2 aromatic heterocycles. The topological polar surface area (TPSA) is 75.6 Å². The second-order valence-electron chi connectivity index (χ2n) is 9.34. The zero-order valence-electron chi connectivity index (χ0n) is 16.5. The first-order valence-corrected chi connectivity index (χ1v) is 10.3. The molecule has 0 atom stereocenters. The standard InChI is InChI=1S/C21H29N5O/c1-12-17(13(2)26(3)25-12)7-19(27)24-20-22-11-18(23-20)21-8-14-4-15(9-21)6-16(5-14)10-21/h11,14-16H,4-10H2,1-3H3,(H2,22,23,24,27). The van der Waals surface area contributed by atoms with Crippen molar-refractivity contribution in [3.05, 3.63) is 28.8 Å². The monoisotopic (exact) mass is 367 g/mol. The van der Waals surface area contributed by atoms with Crippen molar-refractivity contribution in [3.63, 3.8) is 0 Å². The number of hydrogen-bond acceptors (Lipinski definition) is 3. The van der Waals surface area contributed by atoms with Crippen molar-refractivity contribution in [2.24, 2.45) is 24.8 Å². The molecule has 6 heteroatoms. The Bertz CT molecular complexity index is 857.